The summed E-state index contributed by atoms with van der Waals surface area (Å²) in [7, 11) is 0. The van der Waals surface area contributed by atoms with Crippen LogP contribution >= 0.6 is 11.3 Å². The van der Waals surface area contributed by atoms with Crippen molar-refractivity contribution in [2.24, 2.45) is 0 Å². The van der Waals surface area contributed by atoms with Crippen molar-refractivity contribution in [3.8, 4) is 0 Å². The number of rotatable bonds is 8. The molecule has 1 rings (SSSR count). The molecule has 0 aliphatic rings. The van der Waals surface area contributed by atoms with Crippen molar-refractivity contribution in [1.82, 2.24) is 10.3 Å². The van der Waals surface area contributed by atoms with Gasteiger partial charge >= 0.3 is 0 Å². The largest absolute Gasteiger partial charge is 0.375 e. The van der Waals surface area contributed by atoms with Crippen LogP contribution in [0.25, 0.3) is 0 Å². The predicted octanol–water partition coefficient (Wildman–Crippen LogP) is 3.12. The van der Waals surface area contributed by atoms with E-state index in [9.17, 15) is 0 Å². The van der Waals surface area contributed by atoms with Crippen LogP contribution in [0.2, 0.25) is 0 Å². The summed E-state index contributed by atoms with van der Waals surface area (Å²) in [6.45, 7) is 12.3. The summed E-state index contributed by atoms with van der Waals surface area (Å²) in [5.41, 5.74) is 2.18. The molecule has 0 aliphatic carbocycles. The van der Waals surface area contributed by atoms with E-state index >= 15 is 0 Å². The average Bonchev–Trinajstić information content (AvgIpc) is 2.69. The molecule has 0 saturated heterocycles. The molecule has 0 aromatic carbocycles. The monoisotopic (exact) mass is 254 g/mol. The van der Waals surface area contributed by atoms with Crippen molar-refractivity contribution in [3.63, 3.8) is 0 Å². The Morgan fingerprint density at radius 3 is 3.00 bits per heavy atom. The Morgan fingerprint density at radius 2 is 2.35 bits per heavy atom. The van der Waals surface area contributed by atoms with E-state index in [0.717, 1.165) is 35.8 Å². The summed E-state index contributed by atoms with van der Waals surface area (Å²) < 4.78 is 5.53. The second-order valence-corrected chi connectivity index (χ2v) is 5.47. The Morgan fingerprint density at radius 1 is 1.59 bits per heavy atom. The Hall–Kier alpha value is -0.710. The zero-order chi connectivity index (χ0) is 12.7. The van der Waals surface area contributed by atoms with Crippen LogP contribution in [-0.2, 0) is 17.9 Å². The highest BCUT2D eigenvalue weighted by Gasteiger charge is 2.02. The highest BCUT2D eigenvalue weighted by atomic mass is 32.1. The van der Waals surface area contributed by atoms with E-state index in [4.69, 9.17) is 4.74 Å². The van der Waals surface area contributed by atoms with Gasteiger partial charge in [-0.05, 0) is 13.3 Å². The fraction of sp³-hybridized carbons (Fsp3) is 0.615. The molecule has 0 fully saturated rings. The third-order valence-corrected chi connectivity index (χ3v) is 3.08. The fourth-order valence-corrected chi connectivity index (χ4v) is 1.94. The van der Waals surface area contributed by atoms with Crippen LogP contribution in [0.4, 0.5) is 0 Å². The van der Waals surface area contributed by atoms with E-state index in [1.54, 1.807) is 11.3 Å². The van der Waals surface area contributed by atoms with Crippen molar-refractivity contribution in [2.75, 3.05) is 6.61 Å². The molecule has 0 atom stereocenters. The van der Waals surface area contributed by atoms with Gasteiger partial charge in [0.25, 0.3) is 0 Å². The van der Waals surface area contributed by atoms with E-state index in [1.165, 1.54) is 0 Å². The second kappa shape index (κ2) is 7.58. The molecule has 0 amide bonds. The van der Waals surface area contributed by atoms with E-state index < -0.39 is 0 Å². The van der Waals surface area contributed by atoms with Crippen molar-refractivity contribution in [3.05, 3.63) is 28.2 Å². The number of hydrogen-bond acceptors (Lipinski definition) is 4. The standard InChI is InChI=1S/C13H22N2OS/c1-10(2)5-6-16-8-12-9-17-13(15-12)7-14-11(3)4/h9,11,14H,1,5-8H2,2-4H3. The molecule has 0 spiro atoms. The summed E-state index contributed by atoms with van der Waals surface area (Å²) in [6.07, 6.45) is 0.923. The molecule has 0 unspecified atom stereocenters. The molecular weight excluding hydrogens is 232 g/mol. The number of aromatic nitrogens is 1. The first-order valence-electron chi connectivity index (χ1n) is 5.96. The minimum absolute atomic E-state index is 0.495. The first-order chi connectivity index (χ1) is 8.08. The Bertz CT molecular complexity index is 347. The van der Waals surface area contributed by atoms with Gasteiger partial charge in [0.2, 0.25) is 0 Å². The third-order valence-electron chi connectivity index (χ3n) is 2.18. The smallest absolute Gasteiger partial charge is 0.107 e. The van der Waals surface area contributed by atoms with Gasteiger partial charge < -0.3 is 10.1 Å². The average molecular weight is 254 g/mol. The van der Waals surface area contributed by atoms with Gasteiger partial charge in [-0.1, -0.05) is 19.4 Å². The lowest BCUT2D eigenvalue weighted by molar-refractivity contribution is 0.121. The summed E-state index contributed by atoms with van der Waals surface area (Å²) in [6, 6.07) is 0.495. The minimum Gasteiger partial charge on any atom is -0.375 e. The van der Waals surface area contributed by atoms with E-state index in [2.05, 4.69) is 36.1 Å². The minimum atomic E-state index is 0.495. The normalized spacial score (nSPS) is 11.1. The molecule has 1 heterocycles. The number of nitrogens with zero attached hydrogens (tertiary/aromatic N) is 1. The van der Waals surface area contributed by atoms with Crippen LogP contribution in [0.15, 0.2) is 17.5 Å². The SMILES string of the molecule is C=C(C)CCOCc1csc(CNC(C)C)n1. The molecule has 1 aromatic heterocycles. The molecule has 0 bridgehead atoms. The second-order valence-electron chi connectivity index (χ2n) is 4.53. The summed E-state index contributed by atoms with van der Waals surface area (Å²) in [5.74, 6) is 0. The molecule has 0 radical (unpaired) electrons. The maximum atomic E-state index is 5.53. The molecular formula is C13H22N2OS. The lowest BCUT2D eigenvalue weighted by Gasteiger charge is -2.04. The zero-order valence-corrected chi connectivity index (χ0v) is 11.8. The first-order valence-corrected chi connectivity index (χ1v) is 6.84. The Balaban J connectivity index is 2.23. The number of thiazole rings is 1. The number of hydrogen-bond donors (Lipinski definition) is 1. The number of nitrogens with one attached hydrogen (secondary N) is 1. The van der Waals surface area contributed by atoms with Crippen LogP contribution < -0.4 is 5.32 Å². The topological polar surface area (TPSA) is 34.1 Å². The van der Waals surface area contributed by atoms with E-state index in [0.29, 0.717) is 12.6 Å². The lowest BCUT2D eigenvalue weighted by Crippen LogP contribution is -2.21. The van der Waals surface area contributed by atoms with Gasteiger partial charge in [0.15, 0.2) is 0 Å². The van der Waals surface area contributed by atoms with Crippen molar-refractivity contribution < 1.29 is 4.74 Å². The first kappa shape index (κ1) is 14.4. The molecule has 0 saturated carbocycles. The van der Waals surface area contributed by atoms with Gasteiger partial charge in [-0.3, -0.25) is 0 Å². The molecule has 3 nitrogen and oxygen atoms in total. The number of ether oxygens (including phenoxy) is 1. The van der Waals surface area contributed by atoms with Gasteiger partial charge in [0.1, 0.15) is 5.01 Å². The van der Waals surface area contributed by atoms with Crippen LogP contribution in [0.3, 0.4) is 0 Å². The molecule has 4 heteroatoms. The predicted molar refractivity (Wildman–Crippen MR) is 73.2 cm³/mol. The van der Waals surface area contributed by atoms with Gasteiger partial charge in [0, 0.05) is 18.0 Å². The quantitative estimate of drug-likeness (QED) is 0.571. The molecule has 1 N–H and O–H groups in total. The van der Waals surface area contributed by atoms with Gasteiger partial charge in [-0.25, -0.2) is 4.98 Å². The third kappa shape index (κ3) is 6.56. The zero-order valence-electron chi connectivity index (χ0n) is 11.0. The lowest BCUT2D eigenvalue weighted by atomic mass is 10.3. The summed E-state index contributed by atoms with van der Waals surface area (Å²) in [5, 5.41) is 6.54. The van der Waals surface area contributed by atoms with E-state index in [-0.39, 0.29) is 0 Å². The summed E-state index contributed by atoms with van der Waals surface area (Å²) in [4.78, 5) is 4.51. The molecule has 17 heavy (non-hydrogen) atoms. The van der Waals surface area contributed by atoms with Crippen LogP contribution in [0, 0.1) is 0 Å². The molecule has 96 valence electrons. The van der Waals surface area contributed by atoms with Crippen LogP contribution in [-0.4, -0.2) is 17.6 Å². The maximum absolute atomic E-state index is 5.53. The van der Waals surface area contributed by atoms with Crippen molar-refractivity contribution >= 4 is 11.3 Å². The molecule has 1 aromatic rings. The maximum Gasteiger partial charge on any atom is 0.107 e. The Labute approximate surface area is 108 Å². The van der Waals surface area contributed by atoms with Gasteiger partial charge in [0.05, 0.1) is 18.9 Å². The van der Waals surface area contributed by atoms with Crippen LogP contribution in [0.5, 0.6) is 0 Å². The van der Waals surface area contributed by atoms with Crippen LogP contribution in [0.1, 0.15) is 37.9 Å². The highest BCUT2D eigenvalue weighted by Crippen LogP contribution is 2.11. The fourth-order valence-electron chi connectivity index (χ4n) is 1.21. The van der Waals surface area contributed by atoms with Crippen molar-refractivity contribution in [1.29, 1.82) is 0 Å². The summed E-state index contributed by atoms with van der Waals surface area (Å²) >= 11 is 1.68. The van der Waals surface area contributed by atoms with E-state index in [1.807, 2.05) is 6.92 Å². The van der Waals surface area contributed by atoms with Gasteiger partial charge in [-0.2, -0.15) is 0 Å². The Kier molecular flexibility index (Phi) is 6.40. The molecule has 0 aliphatic heterocycles. The highest BCUT2D eigenvalue weighted by molar-refractivity contribution is 7.09. The van der Waals surface area contributed by atoms with Gasteiger partial charge in [-0.15, -0.1) is 17.9 Å². The van der Waals surface area contributed by atoms with Crippen molar-refractivity contribution in [2.45, 2.75) is 46.4 Å².